The normalized spacial score (nSPS) is 10.9. The van der Waals surface area contributed by atoms with Crippen molar-refractivity contribution in [3.63, 3.8) is 0 Å². The Kier molecular flexibility index (Phi) is 6.28. The van der Waals surface area contributed by atoms with E-state index in [2.05, 4.69) is 22.8 Å². The monoisotopic (exact) mass is 342 g/mol. The van der Waals surface area contributed by atoms with Gasteiger partial charge in [0.2, 0.25) is 0 Å². The standard InChI is InChI=1S/C20H26N2O3/c1-20(2,3)25-19(23)22-17-11-10-16(24-4)14-18(17)21-13-12-15-8-6-5-7-9-15/h5-11,14,21H,12-13H2,1-4H3,(H,22,23). The van der Waals surface area contributed by atoms with Gasteiger partial charge in [0.15, 0.2) is 0 Å². The van der Waals surface area contributed by atoms with Gasteiger partial charge in [-0.05, 0) is 44.9 Å². The molecule has 25 heavy (non-hydrogen) atoms. The molecular formula is C20H26N2O3. The largest absolute Gasteiger partial charge is 0.497 e. The number of anilines is 2. The van der Waals surface area contributed by atoms with Crippen LogP contribution >= 0.6 is 0 Å². The number of methoxy groups -OCH3 is 1. The van der Waals surface area contributed by atoms with Gasteiger partial charge < -0.3 is 14.8 Å². The molecule has 0 aliphatic heterocycles. The number of nitrogens with one attached hydrogen (secondary N) is 2. The number of ether oxygens (including phenoxy) is 2. The second kappa shape index (κ2) is 8.42. The Bertz CT molecular complexity index is 694. The van der Waals surface area contributed by atoms with Crippen LogP contribution in [0.3, 0.4) is 0 Å². The third-order valence-electron chi connectivity index (χ3n) is 3.43. The van der Waals surface area contributed by atoms with Gasteiger partial charge in [-0.1, -0.05) is 30.3 Å². The van der Waals surface area contributed by atoms with Crippen molar-refractivity contribution in [2.24, 2.45) is 0 Å². The Morgan fingerprint density at radius 3 is 2.40 bits per heavy atom. The summed E-state index contributed by atoms with van der Waals surface area (Å²) in [7, 11) is 1.62. The fourth-order valence-corrected chi connectivity index (χ4v) is 2.31. The summed E-state index contributed by atoms with van der Waals surface area (Å²) in [4.78, 5) is 12.0. The summed E-state index contributed by atoms with van der Waals surface area (Å²) < 4.78 is 10.6. The van der Waals surface area contributed by atoms with Gasteiger partial charge in [-0.25, -0.2) is 4.79 Å². The van der Waals surface area contributed by atoms with Crippen LogP contribution in [0.4, 0.5) is 16.2 Å². The molecule has 134 valence electrons. The van der Waals surface area contributed by atoms with E-state index in [1.807, 2.05) is 45.0 Å². The summed E-state index contributed by atoms with van der Waals surface area (Å²) in [6, 6.07) is 15.7. The summed E-state index contributed by atoms with van der Waals surface area (Å²) >= 11 is 0. The van der Waals surface area contributed by atoms with E-state index in [1.54, 1.807) is 19.2 Å². The second-order valence-electron chi connectivity index (χ2n) is 6.70. The molecule has 0 saturated carbocycles. The van der Waals surface area contributed by atoms with Crippen molar-refractivity contribution in [1.82, 2.24) is 0 Å². The van der Waals surface area contributed by atoms with Crippen molar-refractivity contribution in [2.75, 3.05) is 24.3 Å². The van der Waals surface area contributed by atoms with Crippen LogP contribution in [0.15, 0.2) is 48.5 Å². The molecule has 0 saturated heterocycles. The van der Waals surface area contributed by atoms with Gasteiger partial charge in [-0.2, -0.15) is 0 Å². The van der Waals surface area contributed by atoms with Crippen molar-refractivity contribution in [3.05, 3.63) is 54.1 Å². The summed E-state index contributed by atoms with van der Waals surface area (Å²) in [5, 5.41) is 6.14. The molecule has 0 aromatic heterocycles. The molecule has 1 amide bonds. The molecule has 0 unspecified atom stereocenters. The van der Waals surface area contributed by atoms with Gasteiger partial charge in [0.1, 0.15) is 11.4 Å². The number of amides is 1. The molecule has 2 aromatic carbocycles. The lowest BCUT2D eigenvalue weighted by atomic mass is 10.1. The smallest absolute Gasteiger partial charge is 0.412 e. The van der Waals surface area contributed by atoms with Crippen LogP contribution in [0.5, 0.6) is 5.75 Å². The Morgan fingerprint density at radius 2 is 1.76 bits per heavy atom. The van der Waals surface area contributed by atoms with Gasteiger partial charge in [0.25, 0.3) is 0 Å². The zero-order valence-corrected chi connectivity index (χ0v) is 15.3. The first kappa shape index (κ1) is 18.6. The maximum Gasteiger partial charge on any atom is 0.412 e. The van der Waals surface area contributed by atoms with Crippen LogP contribution in [-0.2, 0) is 11.2 Å². The summed E-state index contributed by atoms with van der Waals surface area (Å²) in [6.45, 7) is 6.24. The second-order valence-corrected chi connectivity index (χ2v) is 6.70. The van der Waals surface area contributed by atoms with E-state index in [0.29, 0.717) is 5.69 Å². The zero-order chi connectivity index (χ0) is 18.3. The average molecular weight is 342 g/mol. The topological polar surface area (TPSA) is 59.6 Å². The lowest BCUT2D eigenvalue weighted by Gasteiger charge is -2.21. The Balaban J connectivity index is 2.05. The number of rotatable bonds is 6. The van der Waals surface area contributed by atoms with E-state index in [0.717, 1.165) is 24.4 Å². The number of carbonyl (C=O) groups excluding carboxylic acids is 1. The van der Waals surface area contributed by atoms with E-state index in [4.69, 9.17) is 9.47 Å². The quantitative estimate of drug-likeness (QED) is 0.799. The summed E-state index contributed by atoms with van der Waals surface area (Å²) in [5.74, 6) is 0.719. The van der Waals surface area contributed by atoms with Crippen molar-refractivity contribution >= 4 is 17.5 Å². The van der Waals surface area contributed by atoms with Gasteiger partial charge in [0, 0.05) is 12.6 Å². The SMILES string of the molecule is COc1ccc(NC(=O)OC(C)(C)C)c(NCCc2ccccc2)c1. The number of benzene rings is 2. The van der Waals surface area contributed by atoms with E-state index >= 15 is 0 Å². The maximum absolute atomic E-state index is 12.0. The first-order valence-electron chi connectivity index (χ1n) is 8.33. The summed E-state index contributed by atoms with van der Waals surface area (Å²) in [5.41, 5.74) is 2.15. The van der Waals surface area contributed by atoms with Gasteiger partial charge in [0.05, 0.1) is 18.5 Å². The molecule has 0 aliphatic carbocycles. The highest BCUT2D eigenvalue weighted by Gasteiger charge is 2.17. The molecular weight excluding hydrogens is 316 g/mol. The average Bonchev–Trinajstić information content (AvgIpc) is 2.55. The molecule has 0 atom stereocenters. The third kappa shape index (κ3) is 6.37. The predicted molar refractivity (Wildman–Crippen MR) is 101 cm³/mol. The van der Waals surface area contributed by atoms with Crippen molar-refractivity contribution < 1.29 is 14.3 Å². The van der Waals surface area contributed by atoms with Crippen LogP contribution in [0.1, 0.15) is 26.3 Å². The maximum atomic E-state index is 12.0. The minimum absolute atomic E-state index is 0.483. The third-order valence-corrected chi connectivity index (χ3v) is 3.43. The van der Waals surface area contributed by atoms with E-state index in [9.17, 15) is 4.79 Å². The van der Waals surface area contributed by atoms with Crippen LogP contribution in [0, 0.1) is 0 Å². The fourth-order valence-electron chi connectivity index (χ4n) is 2.31. The molecule has 2 aromatic rings. The predicted octanol–water partition coefficient (Wildman–Crippen LogP) is 4.70. The fraction of sp³-hybridized carbons (Fsp3) is 0.350. The number of hydrogen-bond donors (Lipinski definition) is 2. The highest BCUT2D eigenvalue weighted by atomic mass is 16.6. The lowest BCUT2D eigenvalue weighted by Crippen LogP contribution is -2.27. The Labute approximate surface area is 149 Å². The molecule has 2 N–H and O–H groups in total. The minimum Gasteiger partial charge on any atom is -0.497 e. The van der Waals surface area contributed by atoms with Gasteiger partial charge >= 0.3 is 6.09 Å². The molecule has 0 aliphatic rings. The van der Waals surface area contributed by atoms with E-state index in [1.165, 1.54) is 5.56 Å². The van der Waals surface area contributed by atoms with Gasteiger partial charge in [-0.3, -0.25) is 5.32 Å². The van der Waals surface area contributed by atoms with Crippen molar-refractivity contribution in [3.8, 4) is 5.75 Å². The molecule has 0 bridgehead atoms. The molecule has 5 heteroatoms. The van der Waals surface area contributed by atoms with E-state index < -0.39 is 11.7 Å². The number of hydrogen-bond acceptors (Lipinski definition) is 4. The molecule has 0 heterocycles. The molecule has 5 nitrogen and oxygen atoms in total. The molecule has 0 radical (unpaired) electrons. The minimum atomic E-state index is -0.544. The molecule has 0 spiro atoms. The Hall–Kier alpha value is -2.69. The van der Waals surface area contributed by atoms with E-state index in [-0.39, 0.29) is 0 Å². The van der Waals surface area contributed by atoms with Crippen LogP contribution in [-0.4, -0.2) is 25.3 Å². The first-order chi connectivity index (χ1) is 11.9. The van der Waals surface area contributed by atoms with Crippen LogP contribution in [0.25, 0.3) is 0 Å². The van der Waals surface area contributed by atoms with Crippen LogP contribution < -0.4 is 15.4 Å². The van der Waals surface area contributed by atoms with Crippen molar-refractivity contribution in [2.45, 2.75) is 32.8 Å². The lowest BCUT2D eigenvalue weighted by molar-refractivity contribution is 0.0636. The van der Waals surface area contributed by atoms with Crippen molar-refractivity contribution in [1.29, 1.82) is 0 Å². The highest BCUT2D eigenvalue weighted by Crippen LogP contribution is 2.27. The Morgan fingerprint density at radius 1 is 1.04 bits per heavy atom. The molecule has 2 rings (SSSR count). The van der Waals surface area contributed by atoms with Gasteiger partial charge in [-0.15, -0.1) is 0 Å². The first-order valence-corrected chi connectivity index (χ1v) is 8.33. The highest BCUT2D eigenvalue weighted by molar-refractivity contribution is 5.90. The van der Waals surface area contributed by atoms with Crippen LogP contribution in [0.2, 0.25) is 0 Å². The molecule has 0 fully saturated rings. The zero-order valence-electron chi connectivity index (χ0n) is 15.3. The number of carbonyl (C=O) groups is 1. The summed E-state index contributed by atoms with van der Waals surface area (Å²) in [6.07, 6.45) is 0.396.